The van der Waals surface area contributed by atoms with Gasteiger partial charge >= 0.3 is 5.97 Å². The molecule has 1 aromatic heterocycles. The van der Waals surface area contributed by atoms with Crippen molar-refractivity contribution in [2.45, 2.75) is 25.2 Å². The lowest BCUT2D eigenvalue weighted by atomic mass is 10.0. The molecule has 1 N–H and O–H groups in total. The van der Waals surface area contributed by atoms with E-state index in [1.54, 1.807) is 18.2 Å². The van der Waals surface area contributed by atoms with Gasteiger partial charge in [-0.3, -0.25) is 0 Å². The molecule has 6 rings (SSSR count). The fraction of sp³-hybridized carbons (Fsp3) is 0.121. The topological polar surface area (TPSA) is 94.2 Å². The van der Waals surface area contributed by atoms with E-state index in [-0.39, 0.29) is 0 Å². The number of carboxylic acids is 1. The summed E-state index contributed by atoms with van der Waals surface area (Å²) in [5, 5.41) is 9.30. The lowest BCUT2D eigenvalue weighted by Crippen LogP contribution is -2.23. The van der Waals surface area contributed by atoms with Crippen LogP contribution >= 0.6 is 0 Å². The summed E-state index contributed by atoms with van der Waals surface area (Å²) >= 11 is 0. The van der Waals surface area contributed by atoms with Crippen LogP contribution in [-0.4, -0.2) is 28.1 Å². The summed E-state index contributed by atoms with van der Waals surface area (Å²) in [6.45, 7) is 1.49. The van der Waals surface area contributed by atoms with E-state index >= 15 is 0 Å². The Morgan fingerprint density at radius 1 is 0.825 bits per heavy atom. The maximum Gasteiger partial charge on any atom is 0.344 e. The highest BCUT2D eigenvalue weighted by atomic mass is 16.5. The van der Waals surface area contributed by atoms with Crippen molar-refractivity contribution in [1.82, 2.24) is 4.98 Å². The maximum absolute atomic E-state index is 11.4. The number of rotatable bonds is 8. The number of benzene rings is 4. The first-order chi connectivity index (χ1) is 19.6. The van der Waals surface area contributed by atoms with E-state index in [1.807, 2.05) is 97.1 Å². The molecule has 3 unspecified atom stereocenters. The van der Waals surface area contributed by atoms with Crippen LogP contribution in [-0.2, 0) is 9.53 Å². The van der Waals surface area contributed by atoms with Crippen molar-refractivity contribution in [2.24, 2.45) is 4.99 Å². The van der Waals surface area contributed by atoms with Crippen molar-refractivity contribution < 1.29 is 23.8 Å². The Bertz CT molecular complexity index is 1590. The minimum absolute atomic E-state index is 0.416. The SMILES string of the molecule is CC(Oc1cccc(C2OC(c3ccccc3)=NC2c2nc(-c3ccccc3)c(-c3ccccc3)o2)c1)C(=O)O. The number of oxazole rings is 1. The van der Waals surface area contributed by atoms with Crippen molar-refractivity contribution in [3.63, 3.8) is 0 Å². The molecule has 1 aliphatic rings. The van der Waals surface area contributed by atoms with E-state index in [4.69, 9.17) is 23.9 Å². The Balaban J connectivity index is 1.45. The molecule has 2 heterocycles. The zero-order valence-corrected chi connectivity index (χ0v) is 21.7. The fourth-order valence-electron chi connectivity index (χ4n) is 4.63. The zero-order chi connectivity index (χ0) is 27.5. The van der Waals surface area contributed by atoms with Gasteiger partial charge in [-0.05, 0) is 36.8 Å². The van der Waals surface area contributed by atoms with Gasteiger partial charge in [-0.2, -0.15) is 0 Å². The van der Waals surface area contributed by atoms with Crippen LogP contribution < -0.4 is 4.74 Å². The van der Waals surface area contributed by atoms with E-state index in [0.717, 1.165) is 27.9 Å². The van der Waals surface area contributed by atoms with Gasteiger partial charge in [-0.25, -0.2) is 14.8 Å². The molecule has 0 spiro atoms. The minimum Gasteiger partial charge on any atom is -0.479 e. The highest BCUT2D eigenvalue weighted by molar-refractivity contribution is 5.95. The smallest absolute Gasteiger partial charge is 0.344 e. The summed E-state index contributed by atoms with van der Waals surface area (Å²) in [6, 6.07) is 36.0. The molecule has 40 heavy (non-hydrogen) atoms. The van der Waals surface area contributed by atoms with Crippen LogP contribution in [0.4, 0.5) is 0 Å². The second kappa shape index (κ2) is 10.9. The van der Waals surface area contributed by atoms with Gasteiger partial charge in [0.2, 0.25) is 11.8 Å². The second-order valence-corrected chi connectivity index (χ2v) is 9.42. The van der Waals surface area contributed by atoms with Crippen LogP contribution in [0, 0.1) is 0 Å². The van der Waals surface area contributed by atoms with E-state index in [0.29, 0.717) is 23.3 Å². The number of hydrogen-bond donors (Lipinski definition) is 1. The van der Waals surface area contributed by atoms with E-state index < -0.39 is 24.2 Å². The summed E-state index contributed by atoms with van der Waals surface area (Å²) < 4.78 is 18.6. The van der Waals surface area contributed by atoms with Gasteiger partial charge in [0.15, 0.2) is 24.0 Å². The second-order valence-electron chi connectivity index (χ2n) is 9.42. The molecule has 0 saturated carbocycles. The van der Waals surface area contributed by atoms with Crippen molar-refractivity contribution in [3.8, 4) is 28.3 Å². The highest BCUT2D eigenvalue weighted by Crippen LogP contribution is 2.44. The fourth-order valence-corrected chi connectivity index (χ4v) is 4.63. The summed E-state index contributed by atoms with van der Waals surface area (Å²) in [5.74, 6) is 0.915. The maximum atomic E-state index is 11.4. The summed E-state index contributed by atoms with van der Waals surface area (Å²) in [5.41, 5.74) is 4.14. The van der Waals surface area contributed by atoms with Gasteiger partial charge in [-0.1, -0.05) is 91.0 Å². The van der Waals surface area contributed by atoms with E-state index in [2.05, 4.69) is 0 Å². The molecular weight excluding hydrogens is 504 g/mol. The Morgan fingerprint density at radius 3 is 2.10 bits per heavy atom. The zero-order valence-electron chi connectivity index (χ0n) is 21.7. The number of aromatic nitrogens is 1. The number of hydrogen-bond acceptors (Lipinski definition) is 6. The molecule has 1 aliphatic heterocycles. The standard InChI is InChI=1S/C33H26N2O5/c1-21(33(36)37)38-26-19-11-18-25(20-26)30-28(35-31(39-30)24-16-9-4-10-17-24)32-34-27(22-12-5-2-6-13-22)29(40-32)23-14-7-3-8-15-23/h2-21,28,30H,1H3,(H,36,37). The van der Waals surface area contributed by atoms with Crippen LogP contribution in [0.15, 0.2) is 125 Å². The highest BCUT2D eigenvalue weighted by Gasteiger charge is 2.38. The molecule has 5 aromatic rings. The van der Waals surface area contributed by atoms with Gasteiger partial charge < -0.3 is 19.0 Å². The minimum atomic E-state index is -1.04. The first-order valence-corrected chi connectivity index (χ1v) is 13.0. The molecule has 0 aliphatic carbocycles. The van der Waals surface area contributed by atoms with Gasteiger partial charge in [0.05, 0.1) is 0 Å². The summed E-state index contributed by atoms with van der Waals surface area (Å²) in [6.07, 6.45) is -1.58. The normalized spacial score (nSPS) is 17.1. The van der Waals surface area contributed by atoms with E-state index in [9.17, 15) is 9.90 Å². The molecular formula is C33H26N2O5. The molecule has 0 fully saturated rings. The van der Waals surface area contributed by atoms with Gasteiger partial charge in [-0.15, -0.1) is 0 Å². The molecule has 0 radical (unpaired) electrons. The number of ether oxygens (including phenoxy) is 2. The largest absolute Gasteiger partial charge is 0.479 e. The number of carboxylic acid groups (broad SMARTS) is 1. The number of carbonyl (C=O) groups is 1. The lowest BCUT2D eigenvalue weighted by Gasteiger charge is -2.18. The van der Waals surface area contributed by atoms with Gasteiger partial charge in [0, 0.05) is 16.7 Å². The Labute approximate surface area is 231 Å². The van der Waals surface area contributed by atoms with Crippen molar-refractivity contribution in [1.29, 1.82) is 0 Å². The average molecular weight is 531 g/mol. The van der Waals surface area contributed by atoms with E-state index in [1.165, 1.54) is 6.92 Å². The first kappa shape index (κ1) is 25.1. The molecule has 0 amide bonds. The Kier molecular flexibility index (Phi) is 6.85. The Hall–Kier alpha value is -5.17. The number of nitrogens with zero attached hydrogens (tertiary/aromatic N) is 2. The molecule has 3 atom stereocenters. The molecule has 7 nitrogen and oxygen atoms in total. The first-order valence-electron chi connectivity index (χ1n) is 13.0. The van der Waals surface area contributed by atoms with Crippen LogP contribution in [0.5, 0.6) is 5.75 Å². The molecule has 4 aromatic carbocycles. The van der Waals surface area contributed by atoms with Crippen LogP contribution in [0.1, 0.15) is 36.1 Å². The Morgan fingerprint density at radius 2 is 1.45 bits per heavy atom. The van der Waals surface area contributed by atoms with Crippen LogP contribution in [0.2, 0.25) is 0 Å². The van der Waals surface area contributed by atoms with Gasteiger partial charge in [0.1, 0.15) is 11.4 Å². The molecule has 7 heteroatoms. The van der Waals surface area contributed by atoms with Gasteiger partial charge in [0.25, 0.3) is 0 Å². The molecule has 198 valence electrons. The quantitative estimate of drug-likeness (QED) is 0.230. The number of aliphatic carboxylic acids is 1. The molecule has 0 saturated heterocycles. The predicted octanol–water partition coefficient (Wildman–Crippen LogP) is 7.12. The third kappa shape index (κ3) is 5.09. The van der Waals surface area contributed by atoms with Crippen molar-refractivity contribution >= 4 is 11.9 Å². The van der Waals surface area contributed by atoms with Crippen molar-refractivity contribution in [2.75, 3.05) is 0 Å². The lowest BCUT2D eigenvalue weighted by molar-refractivity contribution is -0.144. The predicted molar refractivity (Wildman–Crippen MR) is 151 cm³/mol. The summed E-state index contributed by atoms with van der Waals surface area (Å²) in [4.78, 5) is 21.3. The molecule has 0 bridgehead atoms. The van der Waals surface area contributed by atoms with Crippen molar-refractivity contribution in [3.05, 3.63) is 132 Å². The van der Waals surface area contributed by atoms with Crippen LogP contribution in [0.25, 0.3) is 22.6 Å². The monoisotopic (exact) mass is 530 g/mol. The third-order valence-electron chi connectivity index (χ3n) is 6.63. The average Bonchev–Trinajstić information content (AvgIpc) is 3.64. The third-order valence-corrected chi connectivity index (χ3v) is 6.63. The summed E-state index contributed by atoms with van der Waals surface area (Å²) in [7, 11) is 0. The van der Waals surface area contributed by atoms with Crippen LogP contribution in [0.3, 0.4) is 0 Å². The number of aliphatic imine (C=N–C) groups is 1.